The van der Waals surface area contributed by atoms with Crippen molar-refractivity contribution in [3.05, 3.63) is 60.7 Å². The quantitative estimate of drug-likeness (QED) is 0.350. The van der Waals surface area contributed by atoms with E-state index >= 15 is 0 Å². The molecular weight excluding hydrogens is 468 g/mol. The molecule has 2 rings (SSSR count). The van der Waals surface area contributed by atoms with E-state index in [9.17, 15) is 21.6 Å². The van der Waals surface area contributed by atoms with Gasteiger partial charge in [-0.1, -0.05) is 74.5 Å². The van der Waals surface area contributed by atoms with Crippen LogP contribution in [0.25, 0.3) is 0 Å². The van der Waals surface area contributed by atoms with Crippen molar-refractivity contribution in [3.63, 3.8) is 0 Å². The van der Waals surface area contributed by atoms with Crippen molar-refractivity contribution in [2.45, 2.75) is 31.7 Å². The van der Waals surface area contributed by atoms with Gasteiger partial charge in [-0.25, -0.2) is 0 Å². The molecule has 1 atom stereocenters. The maximum atomic E-state index is 12.3. The van der Waals surface area contributed by atoms with Crippen LogP contribution in [-0.2, 0) is 28.6 Å². The summed E-state index contributed by atoms with van der Waals surface area (Å²) in [6, 6.07) is 19.0. The lowest BCUT2D eigenvalue weighted by Crippen LogP contribution is -2.65. The Bertz CT molecular complexity index is 1030. The highest BCUT2D eigenvalue weighted by molar-refractivity contribution is 7.86. The van der Waals surface area contributed by atoms with Gasteiger partial charge in [0.05, 0.1) is 25.7 Å². The Kier molecular flexibility index (Phi) is 8.82. The minimum atomic E-state index is -3.68. The number of hydrogen-bond donors (Lipinski definition) is 1. The molecule has 32 heavy (non-hydrogen) atoms. The van der Waals surface area contributed by atoms with E-state index in [1.54, 1.807) is 0 Å². The van der Waals surface area contributed by atoms with Crippen molar-refractivity contribution in [1.82, 2.24) is 0 Å². The smallest absolute Gasteiger partial charge is 0.264 e. The highest BCUT2D eigenvalue weighted by Gasteiger charge is 2.50. The highest BCUT2D eigenvalue weighted by Crippen LogP contribution is 2.42. The maximum absolute atomic E-state index is 12.3. The zero-order valence-corrected chi connectivity index (χ0v) is 21.5. The van der Waals surface area contributed by atoms with Gasteiger partial charge in [-0.3, -0.25) is 8.37 Å². The number of rotatable bonds is 12. The van der Waals surface area contributed by atoms with E-state index in [1.807, 2.05) is 74.5 Å². The summed E-state index contributed by atoms with van der Waals surface area (Å²) in [5.74, 6) is -0.354. The van der Waals surface area contributed by atoms with Gasteiger partial charge < -0.3 is 4.80 Å². The van der Waals surface area contributed by atoms with E-state index in [0.29, 0.717) is 6.42 Å². The van der Waals surface area contributed by atoms with Crippen molar-refractivity contribution in [1.29, 1.82) is 0 Å². The van der Waals surface area contributed by atoms with Crippen LogP contribution in [0.1, 0.15) is 26.7 Å². The van der Waals surface area contributed by atoms with Crippen LogP contribution in [0.5, 0.6) is 0 Å². The number of hydrogen-bond acceptors (Lipinski definition) is 7. The third kappa shape index (κ3) is 7.50. The Morgan fingerprint density at radius 1 is 0.844 bits per heavy atom. The highest BCUT2D eigenvalue weighted by atomic mass is 32.2. The molecule has 0 unspecified atom stereocenters. The van der Waals surface area contributed by atoms with E-state index in [1.165, 1.54) is 0 Å². The lowest BCUT2D eigenvalue weighted by molar-refractivity contribution is 0.194. The van der Waals surface area contributed by atoms with Gasteiger partial charge in [0, 0.05) is 0 Å². The van der Waals surface area contributed by atoms with Gasteiger partial charge in [-0.15, -0.1) is 0 Å². The van der Waals surface area contributed by atoms with Crippen LogP contribution in [0.4, 0.5) is 0 Å². The van der Waals surface area contributed by atoms with Crippen molar-refractivity contribution in [2.75, 3.05) is 25.7 Å². The summed E-state index contributed by atoms with van der Waals surface area (Å²) >= 11 is 0. The topological polar surface area (TPSA) is 107 Å². The van der Waals surface area contributed by atoms with E-state index < -0.39 is 33.6 Å². The van der Waals surface area contributed by atoms with Crippen molar-refractivity contribution in [3.8, 4) is 0 Å². The first-order valence-corrected chi connectivity index (χ1v) is 15.8. The first kappa shape index (κ1) is 26.7. The van der Waals surface area contributed by atoms with Gasteiger partial charge in [-0.05, 0) is 34.2 Å². The fraction of sp³-hybridized carbons (Fsp3) is 0.455. The second-order valence-electron chi connectivity index (χ2n) is 8.70. The Balaban J connectivity index is 2.40. The van der Waals surface area contributed by atoms with E-state index in [2.05, 4.69) is 0 Å². The average Bonchev–Trinajstić information content (AvgIpc) is 2.71. The molecule has 0 aliphatic heterocycles. The van der Waals surface area contributed by atoms with Gasteiger partial charge >= 0.3 is 0 Å². The third-order valence-corrected chi connectivity index (χ3v) is 11.2. The predicted octanol–water partition coefficient (Wildman–Crippen LogP) is 1.87. The van der Waals surface area contributed by atoms with Crippen LogP contribution in [-0.4, -0.2) is 55.7 Å². The van der Waals surface area contributed by atoms with Crippen LogP contribution in [0.2, 0.25) is 5.04 Å². The zero-order valence-electron chi connectivity index (χ0n) is 18.9. The fourth-order valence-corrected chi connectivity index (χ4v) is 8.68. The van der Waals surface area contributed by atoms with Gasteiger partial charge in [0.15, 0.2) is 0 Å². The second-order valence-corrected chi connectivity index (χ2v) is 15.9. The van der Waals surface area contributed by atoms with Crippen LogP contribution < -0.4 is 10.4 Å². The minimum Gasteiger partial charge on any atom is -0.424 e. The first-order valence-electron chi connectivity index (χ1n) is 10.3. The summed E-state index contributed by atoms with van der Waals surface area (Å²) in [7, 11) is -10.6. The van der Waals surface area contributed by atoms with E-state index in [0.717, 1.165) is 22.9 Å². The van der Waals surface area contributed by atoms with Crippen LogP contribution in [0, 0.1) is 5.92 Å². The summed E-state index contributed by atoms with van der Waals surface area (Å²) in [6.07, 6.45) is 2.61. The van der Waals surface area contributed by atoms with Crippen molar-refractivity contribution in [2.24, 2.45) is 5.92 Å². The standard InChI is InChI=1S/C22H32O7S2Si/c1-22(2,17-19(18-29-31(4,25)26)15-16-28-30(3,23)24)32(27,20-11-7-5-8-12-20)21-13-9-6-10-14-21/h5-14,19,27H,15-18H2,1-4H3/t19-/m1/s1. The average molecular weight is 501 g/mol. The molecule has 0 spiro atoms. The van der Waals surface area contributed by atoms with Crippen LogP contribution >= 0.6 is 0 Å². The monoisotopic (exact) mass is 500 g/mol. The summed E-state index contributed by atoms with van der Waals surface area (Å²) in [5, 5.41) is 1.03. The van der Waals surface area contributed by atoms with Gasteiger partial charge in [-0.2, -0.15) is 16.8 Å². The largest absolute Gasteiger partial charge is 0.424 e. The van der Waals surface area contributed by atoms with Crippen molar-refractivity contribution >= 4 is 38.9 Å². The molecule has 0 saturated carbocycles. The lowest BCUT2D eigenvalue weighted by Gasteiger charge is -2.43. The molecule has 178 valence electrons. The first-order chi connectivity index (χ1) is 14.7. The SMILES string of the molecule is CC(C)(C[C@@H](CCOS(C)(=O)=O)COS(C)(=O)=O)[Si](O)(c1ccccc1)c1ccccc1. The van der Waals surface area contributed by atoms with Gasteiger partial charge in [0.2, 0.25) is 0 Å². The van der Waals surface area contributed by atoms with Crippen molar-refractivity contribution < 1.29 is 30.0 Å². The van der Waals surface area contributed by atoms with Crippen LogP contribution in [0.3, 0.4) is 0 Å². The Hall–Kier alpha value is -1.56. The molecule has 0 amide bonds. The molecule has 0 aromatic heterocycles. The molecule has 0 bridgehead atoms. The third-order valence-electron chi connectivity index (χ3n) is 5.50. The van der Waals surface area contributed by atoms with Gasteiger partial charge in [0.1, 0.15) is 0 Å². The summed E-state index contributed by atoms with van der Waals surface area (Å²) in [6.45, 7) is 3.71. The molecule has 0 aliphatic rings. The molecular formula is C22H32O7S2Si. The molecule has 0 heterocycles. The molecule has 2 aromatic carbocycles. The second kappa shape index (κ2) is 10.6. The summed E-state index contributed by atoms with van der Waals surface area (Å²) in [5.41, 5.74) is 0. The molecule has 1 N–H and O–H groups in total. The lowest BCUT2D eigenvalue weighted by atomic mass is 9.94. The van der Waals surface area contributed by atoms with Gasteiger partial charge in [0.25, 0.3) is 28.6 Å². The molecule has 0 aliphatic carbocycles. The number of benzene rings is 2. The van der Waals surface area contributed by atoms with Crippen LogP contribution in [0.15, 0.2) is 60.7 Å². The molecule has 2 aromatic rings. The normalized spacial score (nSPS) is 14.3. The molecule has 0 radical (unpaired) electrons. The van der Waals surface area contributed by atoms with E-state index in [-0.39, 0.29) is 25.6 Å². The molecule has 0 fully saturated rings. The summed E-state index contributed by atoms with van der Waals surface area (Å²) < 4.78 is 55.8. The predicted molar refractivity (Wildman–Crippen MR) is 128 cm³/mol. The minimum absolute atomic E-state index is 0.0939. The fourth-order valence-electron chi connectivity index (χ4n) is 4.01. The molecule has 7 nitrogen and oxygen atoms in total. The Morgan fingerprint density at radius 2 is 1.28 bits per heavy atom. The Morgan fingerprint density at radius 3 is 1.69 bits per heavy atom. The zero-order chi connectivity index (χ0) is 24.0. The Labute approximate surface area is 192 Å². The summed E-state index contributed by atoms with van der Waals surface area (Å²) in [4.78, 5) is 12.3. The maximum Gasteiger partial charge on any atom is 0.264 e. The van der Waals surface area contributed by atoms with E-state index in [4.69, 9.17) is 8.37 Å². The molecule has 0 saturated heterocycles. The molecule has 10 heteroatoms.